The second-order valence-electron chi connectivity index (χ2n) is 5.37. The third-order valence-electron chi connectivity index (χ3n) is 3.60. The number of benzene rings is 1. The monoisotopic (exact) mass is 337 g/mol. The largest absolute Gasteiger partial charge is 0.473 e. The molecule has 1 aromatic carbocycles. The molecule has 2 aromatic rings. The van der Waals surface area contributed by atoms with Gasteiger partial charge in [-0.2, -0.15) is 5.10 Å². The average molecular weight is 337 g/mol. The Morgan fingerprint density at radius 1 is 1.42 bits per heavy atom. The lowest BCUT2D eigenvalue weighted by Crippen LogP contribution is -2.23. The summed E-state index contributed by atoms with van der Waals surface area (Å²) < 4.78 is 34.5. The molecule has 1 heterocycles. The Bertz CT molecular complexity index is 696. The van der Waals surface area contributed by atoms with Crippen LogP contribution in [0.15, 0.2) is 30.9 Å². The fraction of sp³-hybridized carbons (Fsp3) is 0.353. The van der Waals surface area contributed by atoms with Crippen LogP contribution in [0.2, 0.25) is 0 Å². The van der Waals surface area contributed by atoms with Crippen molar-refractivity contribution in [1.82, 2.24) is 15.1 Å². The minimum absolute atomic E-state index is 0.00686. The molecule has 24 heavy (non-hydrogen) atoms. The van der Waals surface area contributed by atoms with Crippen molar-refractivity contribution in [2.24, 2.45) is 7.05 Å². The number of hydrogen-bond donors (Lipinski definition) is 2. The highest BCUT2D eigenvalue weighted by Gasteiger charge is 2.19. The van der Waals surface area contributed by atoms with E-state index >= 15 is 0 Å². The molecular formula is C17H21F2N3O2. The maximum atomic E-state index is 13.7. The number of aliphatic hydroxyl groups is 1. The van der Waals surface area contributed by atoms with E-state index < -0.39 is 17.7 Å². The third-order valence-corrected chi connectivity index (χ3v) is 3.60. The van der Waals surface area contributed by atoms with Gasteiger partial charge >= 0.3 is 0 Å². The summed E-state index contributed by atoms with van der Waals surface area (Å²) in [7, 11) is 1.76. The molecule has 0 aliphatic rings. The molecule has 0 bridgehead atoms. The SMILES string of the molecule is C=CCOc1c(CNCC(O)c2c(F)cccc2F)c(C)nn1C. The van der Waals surface area contributed by atoms with Gasteiger partial charge < -0.3 is 15.2 Å². The van der Waals surface area contributed by atoms with E-state index in [0.717, 1.165) is 23.4 Å². The summed E-state index contributed by atoms with van der Waals surface area (Å²) in [6.45, 7) is 6.12. The lowest BCUT2D eigenvalue weighted by Gasteiger charge is -2.14. The van der Waals surface area contributed by atoms with E-state index in [2.05, 4.69) is 17.0 Å². The number of aromatic nitrogens is 2. The molecule has 0 spiro atoms. The van der Waals surface area contributed by atoms with Crippen LogP contribution in [0.1, 0.15) is 22.9 Å². The summed E-state index contributed by atoms with van der Waals surface area (Å²) in [4.78, 5) is 0. The predicted molar refractivity (Wildman–Crippen MR) is 86.7 cm³/mol. The number of aryl methyl sites for hydroxylation is 2. The molecule has 1 unspecified atom stereocenters. The van der Waals surface area contributed by atoms with Crippen LogP contribution < -0.4 is 10.1 Å². The quantitative estimate of drug-likeness (QED) is 0.726. The minimum atomic E-state index is -1.29. The Morgan fingerprint density at radius 3 is 2.71 bits per heavy atom. The van der Waals surface area contributed by atoms with E-state index in [-0.39, 0.29) is 12.1 Å². The maximum Gasteiger partial charge on any atom is 0.216 e. The van der Waals surface area contributed by atoms with Gasteiger partial charge in [-0.3, -0.25) is 0 Å². The fourth-order valence-corrected chi connectivity index (χ4v) is 2.47. The van der Waals surface area contributed by atoms with Crippen molar-refractivity contribution in [3.05, 3.63) is 59.3 Å². The minimum Gasteiger partial charge on any atom is -0.473 e. The predicted octanol–water partition coefficient (Wildman–Crippen LogP) is 2.39. The zero-order valence-electron chi connectivity index (χ0n) is 13.7. The molecule has 1 atom stereocenters. The van der Waals surface area contributed by atoms with Gasteiger partial charge in [-0.25, -0.2) is 13.5 Å². The molecule has 0 amide bonds. The van der Waals surface area contributed by atoms with Gasteiger partial charge in [0.2, 0.25) is 5.88 Å². The Labute approximate surface area is 139 Å². The first-order chi connectivity index (χ1) is 11.5. The van der Waals surface area contributed by atoms with Crippen LogP contribution in [0.3, 0.4) is 0 Å². The van der Waals surface area contributed by atoms with Gasteiger partial charge in [0.05, 0.1) is 22.9 Å². The van der Waals surface area contributed by atoms with Gasteiger partial charge in [0.1, 0.15) is 18.2 Å². The van der Waals surface area contributed by atoms with Crippen molar-refractivity contribution in [2.75, 3.05) is 13.2 Å². The second kappa shape index (κ2) is 8.03. The zero-order chi connectivity index (χ0) is 17.7. The standard InChI is InChI=1S/C17H21F2N3O2/c1-4-8-24-17-12(11(2)21-22(17)3)9-20-10-15(23)16-13(18)6-5-7-14(16)19/h4-7,15,20,23H,1,8-10H2,2-3H3. The van der Waals surface area contributed by atoms with Crippen LogP contribution in [0.4, 0.5) is 8.78 Å². The van der Waals surface area contributed by atoms with E-state index in [0.29, 0.717) is 19.0 Å². The molecule has 1 aromatic heterocycles. The van der Waals surface area contributed by atoms with E-state index in [1.165, 1.54) is 6.07 Å². The summed E-state index contributed by atoms with van der Waals surface area (Å²) in [5, 5.41) is 17.3. The molecule has 2 rings (SSSR count). The van der Waals surface area contributed by atoms with Crippen LogP contribution in [0.25, 0.3) is 0 Å². The first-order valence-corrected chi connectivity index (χ1v) is 7.54. The van der Waals surface area contributed by atoms with Gasteiger partial charge in [0.25, 0.3) is 0 Å². The highest BCUT2D eigenvalue weighted by atomic mass is 19.1. The molecule has 0 saturated heterocycles. The molecule has 2 N–H and O–H groups in total. The molecule has 5 nitrogen and oxygen atoms in total. The van der Waals surface area contributed by atoms with Gasteiger partial charge in [0.15, 0.2) is 0 Å². The van der Waals surface area contributed by atoms with Crippen molar-refractivity contribution >= 4 is 0 Å². The Hall–Kier alpha value is -2.25. The molecule has 7 heteroatoms. The number of halogens is 2. The molecule has 0 aliphatic carbocycles. The van der Waals surface area contributed by atoms with Gasteiger partial charge in [-0.15, -0.1) is 0 Å². The van der Waals surface area contributed by atoms with Gasteiger partial charge in [-0.05, 0) is 19.1 Å². The number of nitrogens with zero attached hydrogens (tertiary/aromatic N) is 2. The normalized spacial score (nSPS) is 12.2. The first-order valence-electron chi connectivity index (χ1n) is 7.54. The molecule has 0 saturated carbocycles. The number of ether oxygens (including phenoxy) is 1. The third kappa shape index (κ3) is 3.98. The first kappa shape index (κ1) is 18.1. The van der Waals surface area contributed by atoms with Crippen molar-refractivity contribution in [3.63, 3.8) is 0 Å². The number of aliphatic hydroxyl groups excluding tert-OH is 1. The van der Waals surface area contributed by atoms with E-state index in [1.54, 1.807) is 17.8 Å². The Morgan fingerprint density at radius 2 is 2.08 bits per heavy atom. The summed E-state index contributed by atoms with van der Waals surface area (Å²) in [6.07, 6.45) is 0.338. The van der Waals surface area contributed by atoms with E-state index in [4.69, 9.17) is 4.74 Å². The highest BCUT2D eigenvalue weighted by molar-refractivity contribution is 5.31. The number of nitrogens with one attached hydrogen (secondary N) is 1. The number of hydrogen-bond acceptors (Lipinski definition) is 4. The topological polar surface area (TPSA) is 59.3 Å². The van der Waals surface area contributed by atoms with Gasteiger partial charge in [-0.1, -0.05) is 18.7 Å². The summed E-state index contributed by atoms with van der Waals surface area (Å²) in [6, 6.07) is 3.50. The lowest BCUT2D eigenvalue weighted by molar-refractivity contribution is 0.164. The zero-order valence-corrected chi connectivity index (χ0v) is 13.7. The Balaban J connectivity index is 2.03. The van der Waals surface area contributed by atoms with Crippen molar-refractivity contribution in [3.8, 4) is 5.88 Å². The van der Waals surface area contributed by atoms with Crippen LogP contribution in [-0.2, 0) is 13.6 Å². The van der Waals surface area contributed by atoms with Crippen molar-refractivity contribution in [1.29, 1.82) is 0 Å². The van der Waals surface area contributed by atoms with Gasteiger partial charge in [0, 0.05) is 20.1 Å². The van der Waals surface area contributed by atoms with Crippen LogP contribution in [0, 0.1) is 18.6 Å². The van der Waals surface area contributed by atoms with Crippen molar-refractivity contribution < 1.29 is 18.6 Å². The molecule has 0 fully saturated rings. The van der Waals surface area contributed by atoms with Crippen LogP contribution in [0.5, 0.6) is 5.88 Å². The smallest absolute Gasteiger partial charge is 0.216 e. The maximum absolute atomic E-state index is 13.7. The van der Waals surface area contributed by atoms with E-state index in [9.17, 15) is 13.9 Å². The highest BCUT2D eigenvalue weighted by Crippen LogP contribution is 2.23. The number of rotatable bonds is 8. The van der Waals surface area contributed by atoms with Crippen LogP contribution in [-0.4, -0.2) is 28.0 Å². The second-order valence-corrected chi connectivity index (χ2v) is 5.37. The van der Waals surface area contributed by atoms with Crippen LogP contribution >= 0.6 is 0 Å². The molecular weight excluding hydrogens is 316 g/mol. The molecule has 130 valence electrons. The summed E-state index contributed by atoms with van der Waals surface area (Å²) in [5.74, 6) is -0.944. The Kier molecular flexibility index (Phi) is 6.05. The average Bonchev–Trinajstić information content (AvgIpc) is 2.79. The van der Waals surface area contributed by atoms with E-state index in [1.807, 2.05) is 6.92 Å². The molecule has 0 aliphatic heterocycles. The lowest BCUT2D eigenvalue weighted by atomic mass is 10.1. The summed E-state index contributed by atoms with van der Waals surface area (Å²) in [5.41, 5.74) is 1.26. The van der Waals surface area contributed by atoms with Crippen molar-refractivity contribution in [2.45, 2.75) is 19.6 Å². The fourth-order valence-electron chi connectivity index (χ4n) is 2.47. The molecule has 0 radical (unpaired) electrons. The summed E-state index contributed by atoms with van der Waals surface area (Å²) >= 11 is 0.